The van der Waals surface area contributed by atoms with Crippen LogP contribution in [-0.4, -0.2) is 50.2 Å². The third-order valence-corrected chi connectivity index (χ3v) is 6.98. The summed E-state index contributed by atoms with van der Waals surface area (Å²) >= 11 is 1.75. The van der Waals surface area contributed by atoms with E-state index in [4.69, 9.17) is 10.8 Å². The van der Waals surface area contributed by atoms with Crippen LogP contribution in [0.15, 0.2) is 17.8 Å². The number of nitrogens with zero attached hydrogens (tertiary/aromatic N) is 5. The van der Waals surface area contributed by atoms with E-state index in [-0.39, 0.29) is 11.8 Å². The molecule has 1 aliphatic carbocycles. The van der Waals surface area contributed by atoms with Gasteiger partial charge >= 0.3 is 0 Å². The van der Waals surface area contributed by atoms with Crippen LogP contribution in [0, 0.1) is 0 Å². The molecule has 1 fully saturated rings. The summed E-state index contributed by atoms with van der Waals surface area (Å²) in [6.07, 6.45) is 8.90. The van der Waals surface area contributed by atoms with Gasteiger partial charge in [-0.1, -0.05) is 0 Å². The van der Waals surface area contributed by atoms with Gasteiger partial charge in [0.2, 0.25) is 0 Å². The van der Waals surface area contributed by atoms with E-state index in [1.54, 1.807) is 23.7 Å². The first-order valence-corrected chi connectivity index (χ1v) is 10.9. The minimum Gasteiger partial charge on any atom is -0.338 e. The van der Waals surface area contributed by atoms with Gasteiger partial charge in [-0.2, -0.15) is 5.10 Å². The SMILES string of the molecule is NCCn1nc(C2CCN(C(=O)c3csc4c3CCCC4)C2)c2nccnc21. The molecule has 1 saturated heterocycles. The Hall–Kier alpha value is -2.32. The Morgan fingerprint density at radius 3 is 3.00 bits per heavy atom. The molecule has 0 bridgehead atoms. The van der Waals surface area contributed by atoms with Gasteiger partial charge in [-0.25, -0.2) is 14.6 Å². The van der Waals surface area contributed by atoms with Crippen molar-refractivity contribution < 1.29 is 4.79 Å². The Kier molecular flexibility index (Phi) is 4.60. The standard InChI is InChI=1S/C20H24N6OS/c21-6-10-26-19-18(22-7-8-23-19)17(24-26)13-5-9-25(11-13)20(27)15-12-28-16-4-2-1-3-14(15)16/h7-8,12-13H,1-6,9-11,21H2. The van der Waals surface area contributed by atoms with E-state index in [9.17, 15) is 4.79 Å². The van der Waals surface area contributed by atoms with Gasteiger partial charge in [-0.05, 0) is 37.7 Å². The highest BCUT2D eigenvalue weighted by Gasteiger charge is 2.33. The summed E-state index contributed by atoms with van der Waals surface area (Å²) in [6, 6.07) is 0. The molecular formula is C20H24N6OS. The number of carbonyl (C=O) groups is 1. The number of thiophene rings is 1. The summed E-state index contributed by atoms with van der Waals surface area (Å²) in [7, 11) is 0. The number of hydrogen-bond acceptors (Lipinski definition) is 6. The number of fused-ring (bicyclic) bond motifs is 2. The Bertz CT molecular complexity index is 1030. The number of carbonyl (C=O) groups excluding carboxylic acids is 1. The first-order chi connectivity index (χ1) is 13.8. The number of aryl methyl sites for hydroxylation is 1. The van der Waals surface area contributed by atoms with Crippen molar-refractivity contribution in [3.63, 3.8) is 0 Å². The van der Waals surface area contributed by atoms with Gasteiger partial charge in [0.15, 0.2) is 5.65 Å². The maximum atomic E-state index is 13.2. The van der Waals surface area contributed by atoms with Crippen LogP contribution in [0.3, 0.4) is 0 Å². The van der Waals surface area contributed by atoms with Crippen molar-refractivity contribution in [2.45, 2.75) is 44.6 Å². The van der Waals surface area contributed by atoms with Crippen LogP contribution >= 0.6 is 11.3 Å². The fraction of sp³-hybridized carbons (Fsp3) is 0.500. The molecule has 1 unspecified atom stereocenters. The van der Waals surface area contributed by atoms with E-state index in [1.807, 2.05) is 9.58 Å². The molecule has 2 N–H and O–H groups in total. The molecule has 8 heteroatoms. The van der Waals surface area contributed by atoms with Crippen LogP contribution in [-0.2, 0) is 19.4 Å². The summed E-state index contributed by atoms with van der Waals surface area (Å²) < 4.78 is 1.84. The van der Waals surface area contributed by atoms with Crippen LogP contribution in [0.2, 0.25) is 0 Å². The molecule has 146 valence electrons. The fourth-order valence-corrected chi connectivity index (χ4v) is 5.61. The minimum absolute atomic E-state index is 0.179. The largest absolute Gasteiger partial charge is 0.338 e. The van der Waals surface area contributed by atoms with E-state index in [1.165, 1.54) is 23.3 Å². The predicted octanol–water partition coefficient (Wildman–Crippen LogP) is 2.36. The Morgan fingerprint density at radius 1 is 1.25 bits per heavy atom. The lowest BCUT2D eigenvalue weighted by Gasteiger charge is -2.18. The molecule has 4 heterocycles. The zero-order chi connectivity index (χ0) is 19.1. The lowest BCUT2D eigenvalue weighted by Crippen LogP contribution is -2.29. The molecule has 3 aromatic heterocycles. The molecule has 0 aromatic carbocycles. The maximum absolute atomic E-state index is 13.2. The molecule has 1 aliphatic heterocycles. The van der Waals surface area contributed by atoms with Crippen molar-refractivity contribution in [3.05, 3.63) is 39.5 Å². The number of likely N-dealkylation sites (tertiary alicyclic amines) is 1. The summed E-state index contributed by atoms with van der Waals surface area (Å²) in [5.74, 6) is 0.371. The summed E-state index contributed by atoms with van der Waals surface area (Å²) in [5, 5.41) is 6.84. The van der Waals surface area contributed by atoms with Crippen LogP contribution in [0.1, 0.15) is 51.7 Å². The minimum atomic E-state index is 0.179. The molecule has 7 nitrogen and oxygen atoms in total. The van der Waals surface area contributed by atoms with E-state index < -0.39 is 0 Å². The van der Waals surface area contributed by atoms with Gasteiger partial charge in [-0.15, -0.1) is 11.3 Å². The molecule has 2 aliphatic rings. The van der Waals surface area contributed by atoms with Crippen molar-refractivity contribution in [1.82, 2.24) is 24.6 Å². The normalized spacial score (nSPS) is 19.3. The smallest absolute Gasteiger partial charge is 0.255 e. The van der Waals surface area contributed by atoms with Crippen LogP contribution in [0.25, 0.3) is 11.2 Å². The summed E-state index contributed by atoms with van der Waals surface area (Å²) in [5.41, 5.74) is 10.5. The van der Waals surface area contributed by atoms with Crippen molar-refractivity contribution >= 4 is 28.4 Å². The molecule has 1 amide bonds. The highest BCUT2D eigenvalue weighted by atomic mass is 32.1. The van der Waals surface area contributed by atoms with Crippen molar-refractivity contribution in [3.8, 4) is 0 Å². The third kappa shape index (κ3) is 2.91. The molecular weight excluding hydrogens is 372 g/mol. The van der Waals surface area contributed by atoms with Crippen LogP contribution in [0.5, 0.6) is 0 Å². The Labute approximate surface area is 167 Å². The van der Waals surface area contributed by atoms with Gasteiger partial charge < -0.3 is 10.6 Å². The maximum Gasteiger partial charge on any atom is 0.255 e. The second-order valence-corrected chi connectivity index (χ2v) is 8.58. The molecule has 5 rings (SSSR count). The van der Waals surface area contributed by atoms with Crippen molar-refractivity contribution in [2.24, 2.45) is 5.73 Å². The van der Waals surface area contributed by atoms with Crippen molar-refractivity contribution in [2.75, 3.05) is 19.6 Å². The second kappa shape index (κ2) is 7.25. The Balaban J connectivity index is 1.40. The molecule has 3 aromatic rings. The quantitative estimate of drug-likeness (QED) is 0.731. The molecule has 0 radical (unpaired) electrons. The number of aromatic nitrogens is 4. The Morgan fingerprint density at radius 2 is 2.11 bits per heavy atom. The zero-order valence-corrected chi connectivity index (χ0v) is 16.6. The lowest BCUT2D eigenvalue weighted by atomic mass is 9.95. The van der Waals surface area contributed by atoms with Gasteiger partial charge in [0.05, 0.1) is 17.8 Å². The molecule has 1 atom stereocenters. The van der Waals surface area contributed by atoms with E-state index >= 15 is 0 Å². The average Bonchev–Trinajstić information content (AvgIpc) is 3.45. The second-order valence-electron chi connectivity index (χ2n) is 7.62. The number of hydrogen-bond donors (Lipinski definition) is 1. The predicted molar refractivity (Wildman–Crippen MR) is 109 cm³/mol. The third-order valence-electron chi connectivity index (χ3n) is 5.89. The highest BCUT2D eigenvalue weighted by Crippen LogP contribution is 2.34. The van der Waals surface area contributed by atoms with Gasteiger partial charge in [0, 0.05) is 48.2 Å². The van der Waals surface area contributed by atoms with Crippen LogP contribution < -0.4 is 5.73 Å². The highest BCUT2D eigenvalue weighted by molar-refractivity contribution is 7.10. The number of nitrogens with two attached hydrogens (primary N) is 1. The number of rotatable bonds is 4. The summed E-state index contributed by atoms with van der Waals surface area (Å²) in [6.45, 7) is 2.57. The van der Waals surface area contributed by atoms with E-state index in [0.717, 1.165) is 48.2 Å². The van der Waals surface area contributed by atoms with Crippen LogP contribution in [0.4, 0.5) is 0 Å². The lowest BCUT2D eigenvalue weighted by molar-refractivity contribution is 0.0790. The molecule has 0 spiro atoms. The van der Waals surface area contributed by atoms with E-state index in [2.05, 4.69) is 15.3 Å². The monoisotopic (exact) mass is 396 g/mol. The average molecular weight is 397 g/mol. The first kappa shape index (κ1) is 17.8. The van der Waals surface area contributed by atoms with Crippen molar-refractivity contribution in [1.29, 1.82) is 0 Å². The topological polar surface area (TPSA) is 89.9 Å². The van der Waals surface area contributed by atoms with Gasteiger partial charge in [-0.3, -0.25) is 4.79 Å². The number of amides is 1. The van der Waals surface area contributed by atoms with E-state index in [0.29, 0.717) is 19.6 Å². The van der Waals surface area contributed by atoms with Gasteiger partial charge in [0.1, 0.15) is 5.52 Å². The molecule has 28 heavy (non-hydrogen) atoms. The summed E-state index contributed by atoms with van der Waals surface area (Å²) in [4.78, 5) is 25.5. The zero-order valence-electron chi connectivity index (χ0n) is 15.8. The fourth-order valence-electron chi connectivity index (χ4n) is 4.49. The first-order valence-electron chi connectivity index (χ1n) is 10.0. The molecule has 0 saturated carbocycles. The van der Waals surface area contributed by atoms with Gasteiger partial charge in [0.25, 0.3) is 5.91 Å².